The van der Waals surface area contributed by atoms with Gasteiger partial charge in [0.2, 0.25) is 0 Å². The Morgan fingerprint density at radius 2 is 1.66 bits per heavy atom. The van der Waals surface area contributed by atoms with Gasteiger partial charge in [-0.1, -0.05) is 18.2 Å². The van der Waals surface area contributed by atoms with Crippen molar-refractivity contribution in [3.63, 3.8) is 0 Å². The topological polar surface area (TPSA) is 70.4 Å². The zero-order chi connectivity index (χ0) is 23.5. The van der Waals surface area contributed by atoms with E-state index < -0.39 is 23.3 Å². The number of benzene rings is 2. The van der Waals surface area contributed by atoms with E-state index in [1.165, 1.54) is 25.1 Å². The van der Waals surface area contributed by atoms with Crippen molar-refractivity contribution in [2.45, 2.75) is 13.1 Å². The molecule has 0 N–H and O–H groups in total. The highest BCUT2D eigenvalue weighted by atomic mass is 19.4. The van der Waals surface area contributed by atoms with E-state index in [9.17, 15) is 22.8 Å². The summed E-state index contributed by atoms with van der Waals surface area (Å²) in [5.74, 6) is -2.38. The fourth-order valence-electron chi connectivity index (χ4n) is 3.05. The van der Waals surface area contributed by atoms with Crippen LogP contribution < -0.4 is 9.47 Å². The predicted octanol–water partition coefficient (Wildman–Crippen LogP) is 4.66. The number of Topliss-reactive ketones (excluding diaryl/α,β-unsaturated/α-hetero) is 2. The minimum Gasteiger partial charge on any atom is -0.493 e. The van der Waals surface area contributed by atoms with Crippen LogP contribution in [0.4, 0.5) is 13.2 Å². The lowest BCUT2D eigenvalue weighted by molar-refractivity contribution is -0.166. The first kappa shape index (κ1) is 22.8. The number of hydrogen-bond donors (Lipinski definition) is 0. The number of alkyl halides is 3. The highest BCUT2D eigenvalue weighted by Gasteiger charge is 2.42. The van der Waals surface area contributed by atoms with Crippen molar-refractivity contribution in [1.82, 2.24) is 9.78 Å². The average Bonchev–Trinajstić information content (AvgIpc) is 3.20. The van der Waals surface area contributed by atoms with Gasteiger partial charge in [-0.05, 0) is 43.3 Å². The zero-order valence-electron chi connectivity index (χ0n) is 17.4. The van der Waals surface area contributed by atoms with Gasteiger partial charge in [0.1, 0.15) is 5.69 Å². The highest BCUT2D eigenvalue weighted by Crippen LogP contribution is 2.34. The Kier molecular flexibility index (Phi) is 6.47. The summed E-state index contributed by atoms with van der Waals surface area (Å²) >= 11 is 0. The second-order valence-corrected chi connectivity index (χ2v) is 6.72. The maximum absolute atomic E-state index is 13.0. The minimum atomic E-state index is -5.18. The molecule has 0 aliphatic carbocycles. The SMILES string of the molecule is COc1ccc(-c2nn(-c3ccccc3)cc2/C=C(/C(C)=O)C(=O)C(F)(F)F)cc1OC. The summed E-state index contributed by atoms with van der Waals surface area (Å²) in [6.07, 6.45) is -2.82. The molecule has 0 saturated carbocycles. The van der Waals surface area contributed by atoms with Gasteiger partial charge in [-0.3, -0.25) is 9.59 Å². The number of methoxy groups -OCH3 is 2. The van der Waals surface area contributed by atoms with Gasteiger partial charge in [-0.15, -0.1) is 0 Å². The molecule has 0 bridgehead atoms. The average molecular weight is 444 g/mol. The number of ketones is 2. The van der Waals surface area contributed by atoms with Crippen LogP contribution in [0.3, 0.4) is 0 Å². The Balaban J connectivity index is 2.24. The normalized spacial score (nSPS) is 11.9. The van der Waals surface area contributed by atoms with Gasteiger partial charge in [0.15, 0.2) is 17.3 Å². The molecule has 166 valence electrons. The number of nitrogens with zero attached hydrogens (tertiary/aromatic N) is 2. The van der Waals surface area contributed by atoms with Crippen LogP contribution in [-0.4, -0.2) is 41.7 Å². The summed E-state index contributed by atoms with van der Waals surface area (Å²) in [6.45, 7) is 0.910. The van der Waals surface area contributed by atoms with Crippen molar-refractivity contribution < 1.29 is 32.2 Å². The third-order valence-corrected chi connectivity index (χ3v) is 4.60. The summed E-state index contributed by atoms with van der Waals surface area (Å²) in [7, 11) is 2.92. The molecule has 0 amide bonds. The molecule has 0 spiro atoms. The van der Waals surface area contributed by atoms with Crippen molar-refractivity contribution in [3.05, 3.63) is 65.9 Å². The lowest BCUT2D eigenvalue weighted by Crippen LogP contribution is -2.27. The van der Waals surface area contributed by atoms with E-state index in [-0.39, 0.29) is 11.3 Å². The van der Waals surface area contributed by atoms with Crippen LogP contribution in [-0.2, 0) is 9.59 Å². The van der Waals surface area contributed by atoms with Gasteiger partial charge in [0.25, 0.3) is 5.78 Å². The summed E-state index contributed by atoms with van der Waals surface area (Å²) in [6, 6.07) is 13.7. The molecule has 1 heterocycles. The lowest BCUT2D eigenvalue weighted by Gasteiger charge is -2.09. The number of carbonyl (C=O) groups excluding carboxylic acids is 2. The minimum absolute atomic E-state index is 0.156. The molecule has 2 aromatic carbocycles. The molecule has 32 heavy (non-hydrogen) atoms. The Morgan fingerprint density at radius 1 is 1.00 bits per heavy atom. The second kappa shape index (κ2) is 9.09. The summed E-state index contributed by atoms with van der Waals surface area (Å²) in [4.78, 5) is 23.7. The third-order valence-electron chi connectivity index (χ3n) is 4.60. The van der Waals surface area contributed by atoms with Gasteiger partial charge >= 0.3 is 6.18 Å². The Bertz CT molecular complexity index is 1180. The lowest BCUT2D eigenvalue weighted by atomic mass is 10.0. The first-order valence-corrected chi connectivity index (χ1v) is 9.37. The number of rotatable bonds is 7. The molecule has 0 saturated heterocycles. The van der Waals surface area contributed by atoms with Crippen molar-refractivity contribution >= 4 is 17.6 Å². The monoisotopic (exact) mass is 444 g/mol. The standard InChI is InChI=1S/C23H19F3N2O4/c1-14(29)18(22(30)23(24,25)26)11-16-13-28(17-7-5-4-6-8-17)27-21(16)15-9-10-19(31-2)20(12-15)32-3/h4-13H,1-3H3/b18-11-. The smallest absolute Gasteiger partial charge is 0.455 e. The van der Waals surface area contributed by atoms with Crippen LogP contribution >= 0.6 is 0 Å². The van der Waals surface area contributed by atoms with Crippen molar-refractivity contribution in [2.24, 2.45) is 0 Å². The zero-order valence-corrected chi connectivity index (χ0v) is 17.4. The molecule has 0 atom stereocenters. The molecule has 9 heteroatoms. The van der Waals surface area contributed by atoms with Crippen LogP contribution in [0.5, 0.6) is 11.5 Å². The molecule has 0 fully saturated rings. The fraction of sp³-hybridized carbons (Fsp3) is 0.174. The maximum atomic E-state index is 13.0. The summed E-state index contributed by atoms with van der Waals surface area (Å²) < 4.78 is 51.1. The quantitative estimate of drug-likeness (QED) is 0.301. The Morgan fingerprint density at radius 3 is 2.22 bits per heavy atom. The first-order valence-electron chi connectivity index (χ1n) is 9.37. The Hall–Kier alpha value is -3.88. The number of aromatic nitrogens is 2. The van der Waals surface area contributed by atoms with Crippen molar-refractivity contribution in [3.8, 4) is 28.4 Å². The fourth-order valence-corrected chi connectivity index (χ4v) is 3.05. The number of para-hydroxylation sites is 1. The maximum Gasteiger partial charge on any atom is 0.455 e. The molecule has 3 aromatic rings. The third kappa shape index (κ3) is 4.72. The van der Waals surface area contributed by atoms with Gasteiger partial charge < -0.3 is 9.47 Å². The predicted molar refractivity (Wildman–Crippen MR) is 112 cm³/mol. The Labute approximate surface area is 181 Å². The van der Waals surface area contributed by atoms with E-state index >= 15 is 0 Å². The summed E-state index contributed by atoms with van der Waals surface area (Å²) in [5.41, 5.74) is 0.561. The van der Waals surface area contributed by atoms with Crippen LogP contribution in [0.15, 0.2) is 60.3 Å². The molecule has 0 radical (unpaired) electrons. The molecular weight excluding hydrogens is 425 g/mol. The molecular formula is C23H19F3N2O4. The van der Waals surface area contributed by atoms with Crippen LogP contribution in [0, 0.1) is 0 Å². The molecule has 0 aliphatic rings. The number of halogens is 3. The molecule has 6 nitrogen and oxygen atoms in total. The van der Waals surface area contributed by atoms with Crippen LogP contribution in [0.25, 0.3) is 23.0 Å². The van der Waals surface area contributed by atoms with E-state index in [1.54, 1.807) is 48.5 Å². The number of carbonyl (C=O) groups is 2. The van der Waals surface area contributed by atoms with Crippen molar-refractivity contribution in [1.29, 1.82) is 0 Å². The van der Waals surface area contributed by atoms with Gasteiger partial charge in [-0.2, -0.15) is 18.3 Å². The first-order chi connectivity index (χ1) is 15.2. The summed E-state index contributed by atoms with van der Waals surface area (Å²) in [5, 5.41) is 4.49. The van der Waals surface area contributed by atoms with Crippen molar-refractivity contribution in [2.75, 3.05) is 14.2 Å². The van der Waals surface area contributed by atoms with Crippen LogP contribution in [0.2, 0.25) is 0 Å². The van der Waals surface area contributed by atoms with Gasteiger partial charge in [-0.25, -0.2) is 4.68 Å². The van der Waals surface area contributed by atoms with Gasteiger partial charge in [0, 0.05) is 17.3 Å². The van der Waals surface area contributed by atoms with E-state index in [0.29, 0.717) is 22.7 Å². The number of ether oxygens (including phenoxy) is 2. The molecule has 0 aliphatic heterocycles. The van der Waals surface area contributed by atoms with E-state index in [4.69, 9.17) is 9.47 Å². The number of hydrogen-bond acceptors (Lipinski definition) is 5. The number of allylic oxidation sites excluding steroid dienone is 1. The second-order valence-electron chi connectivity index (χ2n) is 6.72. The molecule has 3 rings (SSSR count). The molecule has 1 aromatic heterocycles. The van der Waals surface area contributed by atoms with Gasteiger partial charge in [0.05, 0.1) is 25.5 Å². The molecule has 0 unspecified atom stereocenters. The van der Waals surface area contributed by atoms with Crippen LogP contribution in [0.1, 0.15) is 12.5 Å². The highest BCUT2D eigenvalue weighted by molar-refractivity contribution is 6.24. The largest absolute Gasteiger partial charge is 0.493 e. The van der Waals surface area contributed by atoms with E-state index in [0.717, 1.165) is 13.0 Å². The van der Waals surface area contributed by atoms with E-state index in [1.807, 2.05) is 0 Å². The van der Waals surface area contributed by atoms with E-state index in [2.05, 4.69) is 5.10 Å².